The number of phenolic OH excluding ortho intramolecular Hbond substituents is 1. The monoisotopic (exact) mass is 412 g/mol. The molecular formula is C21H14Cl2N2O3. The summed E-state index contributed by atoms with van der Waals surface area (Å²) in [6.07, 6.45) is 1.50. The number of aliphatic imine (C=N–C) groups is 1. The number of phenols is 1. The van der Waals surface area contributed by atoms with Crippen LogP contribution in [0.1, 0.15) is 5.56 Å². The van der Waals surface area contributed by atoms with Crippen molar-refractivity contribution in [3.8, 4) is 23.0 Å². The van der Waals surface area contributed by atoms with E-state index >= 15 is 0 Å². The topological polar surface area (TPSA) is 67.9 Å². The SMILES string of the molecule is COc1cccc(-c2nc3cc(N=Cc4cc(Cl)cc(Cl)c4O)ccc3o2)c1. The predicted molar refractivity (Wildman–Crippen MR) is 111 cm³/mol. The van der Waals surface area contributed by atoms with Crippen LogP contribution in [0.2, 0.25) is 10.0 Å². The number of ether oxygens (including phenoxy) is 1. The second-order valence-electron chi connectivity index (χ2n) is 5.99. The fraction of sp³-hybridized carbons (Fsp3) is 0.0476. The summed E-state index contributed by atoms with van der Waals surface area (Å²) in [5, 5.41) is 10.6. The number of oxazole rings is 1. The minimum absolute atomic E-state index is 0.0716. The Bertz CT molecular complexity index is 1200. The minimum atomic E-state index is -0.0716. The quantitative estimate of drug-likeness (QED) is 0.401. The average Bonchev–Trinajstić information content (AvgIpc) is 3.13. The molecule has 0 saturated carbocycles. The number of rotatable bonds is 4. The van der Waals surface area contributed by atoms with Gasteiger partial charge in [0.2, 0.25) is 5.89 Å². The largest absolute Gasteiger partial charge is 0.506 e. The number of hydrogen-bond acceptors (Lipinski definition) is 5. The van der Waals surface area contributed by atoms with Gasteiger partial charge in [-0.2, -0.15) is 0 Å². The summed E-state index contributed by atoms with van der Waals surface area (Å²) in [5.74, 6) is 1.15. The van der Waals surface area contributed by atoms with Gasteiger partial charge in [-0.25, -0.2) is 4.98 Å². The molecule has 0 radical (unpaired) electrons. The Hall–Kier alpha value is -3.02. The maximum absolute atomic E-state index is 10.0. The van der Waals surface area contributed by atoms with Gasteiger partial charge in [0, 0.05) is 22.4 Å². The predicted octanol–water partition coefficient (Wildman–Crippen LogP) is 6.27. The van der Waals surface area contributed by atoms with Crippen molar-refractivity contribution in [2.75, 3.05) is 7.11 Å². The zero-order valence-electron chi connectivity index (χ0n) is 14.7. The molecule has 0 aliphatic heterocycles. The smallest absolute Gasteiger partial charge is 0.227 e. The van der Waals surface area contributed by atoms with Crippen LogP contribution >= 0.6 is 23.2 Å². The molecule has 0 aliphatic rings. The maximum Gasteiger partial charge on any atom is 0.227 e. The third kappa shape index (κ3) is 3.67. The van der Waals surface area contributed by atoms with E-state index in [1.54, 1.807) is 31.4 Å². The third-order valence-corrected chi connectivity index (χ3v) is 4.60. The van der Waals surface area contributed by atoms with Gasteiger partial charge in [0.15, 0.2) is 5.58 Å². The Morgan fingerprint density at radius 2 is 1.96 bits per heavy atom. The molecule has 4 aromatic rings. The van der Waals surface area contributed by atoms with Gasteiger partial charge in [0.05, 0.1) is 17.8 Å². The molecule has 0 atom stereocenters. The number of aromatic nitrogens is 1. The highest BCUT2D eigenvalue weighted by Gasteiger charge is 2.10. The van der Waals surface area contributed by atoms with Crippen LogP contribution in [-0.2, 0) is 0 Å². The van der Waals surface area contributed by atoms with Crippen LogP contribution in [0.5, 0.6) is 11.5 Å². The molecule has 7 heteroatoms. The van der Waals surface area contributed by atoms with Gasteiger partial charge < -0.3 is 14.3 Å². The van der Waals surface area contributed by atoms with Crippen LogP contribution in [0.15, 0.2) is 64.0 Å². The average molecular weight is 413 g/mol. The van der Waals surface area contributed by atoms with Crippen LogP contribution < -0.4 is 4.74 Å². The molecule has 1 heterocycles. The van der Waals surface area contributed by atoms with Crippen molar-refractivity contribution in [3.63, 3.8) is 0 Å². The first-order valence-electron chi connectivity index (χ1n) is 8.30. The Kier molecular flexibility index (Phi) is 4.94. The number of halogens is 2. The lowest BCUT2D eigenvalue weighted by atomic mass is 10.2. The minimum Gasteiger partial charge on any atom is -0.506 e. The first kappa shape index (κ1) is 18.3. The zero-order valence-corrected chi connectivity index (χ0v) is 16.2. The molecule has 28 heavy (non-hydrogen) atoms. The molecular weight excluding hydrogens is 399 g/mol. The molecule has 140 valence electrons. The van der Waals surface area contributed by atoms with E-state index in [1.165, 1.54) is 12.3 Å². The van der Waals surface area contributed by atoms with E-state index in [0.29, 0.717) is 33.3 Å². The summed E-state index contributed by atoms with van der Waals surface area (Å²) in [6, 6.07) is 15.9. The highest BCUT2D eigenvalue weighted by atomic mass is 35.5. The first-order chi connectivity index (χ1) is 13.5. The number of aromatic hydroxyl groups is 1. The Morgan fingerprint density at radius 1 is 1.11 bits per heavy atom. The summed E-state index contributed by atoms with van der Waals surface area (Å²) < 4.78 is 11.1. The molecule has 1 N–H and O–H groups in total. The maximum atomic E-state index is 10.0. The first-order valence-corrected chi connectivity index (χ1v) is 9.06. The van der Waals surface area contributed by atoms with Crippen molar-refractivity contribution in [2.45, 2.75) is 0 Å². The van der Waals surface area contributed by atoms with E-state index in [4.69, 9.17) is 32.4 Å². The van der Waals surface area contributed by atoms with E-state index < -0.39 is 0 Å². The fourth-order valence-corrected chi connectivity index (χ4v) is 3.21. The third-order valence-electron chi connectivity index (χ3n) is 4.10. The lowest BCUT2D eigenvalue weighted by Crippen LogP contribution is -1.84. The molecule has 0 spiro atoms. The molecule has 0 unspecified atom stereocenters. The summed E-state index contributed by atoms with van der Waals surface area (Å²) in [4.78, 5) is 8.91. The number of benzene rings is 3. The number of nitrogens with zero attached hydrogens (tertiary/aromatic N) is 2. The van der Waals surface area contributed by atoms with Gasteiger partial charge in [0.1, 0.15) is 17.0 Å². The lowest BCUT2D eigenvalue weighted by Gasteiger charge is -2.02. The van der Waals surface area contributed by atoms with E-state index in [0.717, 1.165) is 11.3 Å². The molecule has 4 rings (SSSR count). The van der Waals surface area contributed by atoms with Gasteiger partial charge in [-0.15, -0.1) is 0 Å². The van der Waals surface area contributed by atoms with Crippen molar-refractivity contribution >= 4 is 46.2 Å². The lowest BCUT2D eigenvalue weighted by molar-refractivity contribution is 0.415. The normalized spacial score (nSPS) is 11.4. The molecule has 0 fully saturated rings. The van der Waals surface area contributed by atoms with E-state index in [2.05, 4.69) is 9.98 Å². The molecule has 0 bridgehead atoms. The van der Waals surface area contributed by atoms with Gasteiger partial charge in [-0.1, -0.05) is 29.3 Å². The van der Waals surface area contributed by atoms with Crippen LogP contribution in [0.4, 0.5) is 5.69 Å². The van der Waals surface area contributed by atoms with Crippen molar-refractivity contribution in [3.05, 3.63) is 70.2 Å². The molecule has 3 aromatic carbocycles. The molecule has 0 amide bonds. The zero-order chi connectivity index (χ0) is 19.7. The number of methoxy groups -OCH3 is 1. The standard InChI is InChI=1S/C21H14Cl2N2O3/c1-27-16-4-2-3-12(8-16)21-25-18-10-15(5-6-19(18)28-21)24-11-13-7-14(22)9-17(23)20(13)26/h2-11,26H,1H3. The molecule has 0 aliphatic carbocycles. The second-order valence-corrected chi connectivity index (χ2v) is 6.83. The highest BCUT2D eigenvalue weighted by Crippen LogP contribution is 2.31. The highest BCUT2D eigenvalue weighted by molar-refractivity contribution is 6.36. The van der Waals surface area contributed by atoms with Crippen LogP contribution in [-0.4, -0.2) is 23.4 Å². The van der Waals surface area contributed by atoms with Gasteiger partial charge in [-0.05, 0) is 48.5 Å². The van der Waals surface area contributed by atoms with Gasteiger partial charge >= 0.3 is 0 Å². The van der Waals surface area contributed by atoms with Gasteiger partial charge in [0.25, 0.3) is 0 Å². The van der Waals surface area contributed by atoms with E-state index in [9.17, 15) is 5.11 Å². The van der Waals surface area contributed by atoms with Gasteiger partial charge in [-0.3, -0.25) is 4.99 Å². The Balaban J connectivity index is 1.67. The fourth-order valence-electron chi connectivity index (χ4n) is 2.70. The van der Waals surface area contributed by atoms with Crippen molar-refractivity contribution in [1.29, 1.82) is 0 Å². The van der Waals surface area contributed by atoms with Crippen LogP contribution in [0, 0.1) is 0 Å². The summed E-state index contributed by atoms with van der Waals surface area (Å²) in [6.45, 7) is 0. The van der Waals surface area contributed by atoms with Crippen LogP contribution in [0.3, 0.4) is 0 Å². The summed E-state index contributed by atoms with van der Waals surface area (Å²) in [7, 11) is 1.61. The van der Waals surface area contributed by atoms with Crippen molar-refractivity contribution in [2.24, 2.45) is 4.99 Å². The second kappa shape index (κ2) is 7.54. The van der Waals surface area contributed by atoms with Crippen LogP contribution in [0.25, 0.3) is 22.6 Å². The molecule has 5 nitrogen and oxygen atoms in total. The van der Waals surface area contributed by atoms with E-state index in [-0.39, 0.29) is 10.8 Å². The number of hydrogen-bond donors (Lipinski definition) is 1. The Labute approximate surface area is 170 Å². The molecule has 1 aromatic heterocycles. The summed E-state index contributed by atoms with van der Waals surface area (Å²) in [5.41, 5.74) is 3.20. The van der Waals surface area contributed by atoms with E-state index in [1.807, 2.05) is 24.3 Å². The summed E-state index contributed by atoms with van der Waals surface area (Å²) >= 11 is 11.9. The molecule has 0 saturated heterocycles. The van der Waals surface area contributed by atoms with Crippen molar-refractivity contribution in [1.82, 2.24) is 4.98 Å². The Morgan fingerprint density at radius 3 is 2.79 bits per heavy atom. The number of fused-ring (bicyclic) bond motifs is 1. The van der Waals surface area contributed by atoms with Crippen molar-refractivity contribution < 1.29 is 14.3 Å².